The molecular weight excluding hydrogens is 454 g/mol. The molecule has 0 spiro atoms. The fourth-order valence-corrected chi connectivity index (χ4v) is 4.78. The van der Waals surface area contributed by atoms with Crippen molar-refractivity contribution in [2.24, 2.45) is 0 Å². The molecule has 3 aromatic rings. The molecule has 2 aromatic heterocycles. The van der Waals surface area contributed by atoms with Crippen LogP contribution in [0, 0.1) is 0 Å². The predicted molar refractivity (Wildman–Crippen MR) is 109 cm³/mol. The van der Waals surface area contributed by atoms with Gasteiger partial charge < -0.3 is 24.0 Å². The molecule has 1 aromatic carbocycles. The van der Waals surface area contributed by atoms with Gasteiger partial charge in [-0.3, -0.25) is 13.8 Å². The fraction of sp³-hybridized carbons (Fsp3) is 0.500. The molecule has 0 amide bonds. The third-order valence-electron chi connectivity index (χ3n) is 5.33. The summed E-state index contributed by atoms with van der Waals surface area (Å²) in [4.78, 5) is 26.7. The lowest BCUT2D eigenvalue weighted by molar-refractivity contribution is -0.137. The Labute approximate surface area is 179 Å². The molecule has 4 rings (SSSR count). The van der Waals surface area contributed by atoms with Crippen LogP contribution in [0.3, 0.4) is 0 Å². The number of ether oxygens (including phenoxy) is 1. The van der Waals surface area contributed by atoms with Crippen molar-refractivity contribution < 1.29 is 31.9 Å². The number of hydrogen-bond acceptors (Lipinski definition) is 7. The molecule has 0 aliphatic carbocycles. The topological polar surface area (TPSA) is 122 Å². The lowest BCUT2D eigenvalue weighted by Crippen LogP contribution is -2.37. The second kappa shape index (κ2) is 8.14. The third kappa shape index (κ3) is 3.90. The summed E-state index contributed by atoms with van der Waals surface area (Å²) in [7, 11) is -4.19. The zero-order valence-electron chi connectivity index (χ0n) is 17.2. The molecule has 0 saturated carbocycles. The maximum absolute atomic E-state index is 13.9. The number of aromatic amines is 1. The summed E-state index contributed by atoms with van der Waals surface area (Å²) in [5.41, 5.74) is -3.11. The van der Waals surface area contributed by atoms with Crippen LogP contribution in [0.1, 0.15) is 30.9 Å². The zero-order valence-corrected chi connectivity index (χ0v) is 18.1. The number of rotatable bonds is 5. The Kier molecular flexibility index (Phi) is 5.78. The zero-order chi connectivity index (χ0) is 23.3. The molecule has 1 aliphatic heterocycles. The summed E-state index contributed by atoms with van der Waals surface area (Å²) in [6.07, 6.45) is -4.67. The van der Waals surface area contributed by atoms with E-state index < -0.39 is 30.6 Å². The number of H-pyrrole nitrogens is 1. The van der Waals surface area contributed by atoms with Gasteiger partial charge in [0, 0.05) is 13.1 Å². The van der Waals surface area contributed by atoms with Gasteiger partial charge in [0.25, 0.3) is 5.56 Å². The maximum atomic E-state index is 13.9. The number of fused-ring (bicyclic) bond motifs is 3. The first kappa shape index (κ1) is 22.7. The molecule has 3 heterocycles. The number of benzene rings is 1. The minimum atomic E-state index is -4.67. The smallest absolute Gasteiger partial charge is 0.378 e. The minimum absolute atomic E-state index is 0.0354. The van der Waals surface area contributed by atoms with Crippen molar-refractivity contribution >= 4 is 30.0 Å². The largest absolute Gasteiger partial charge is 0.418 e. The number of nitrogens with one attached hydrogen (secondary N) is 1. The van der Waals surface area contributed by atoms with E-state index in [2.05, 4.69) is 15.2 Å². The van der Waals surface area contributed by atoms with E-state index in [-0.39, 0.29) is 61.1 Å². The molecule has 14 heteroatoms. The summed E-state index contributed by atoms with van der Waals surface area (Å²) in [6.45, 7) is 3.94. The second-order valence-corrected chi connectivity index (χ2v) is 9.47. The molecule has 0 radical (unpaired) electrons. The molecule has 32 heavy (non-hydrogen) atoms. The molecule has 1 aliphatic rings. The van der Waals surface area contributed by atoms with Gasteiger partial charge in [-0.15, -0.1) is 10.2 Å². The van der Waals surface area contributed by atoms with Crippen LogP contribution in [-0.4, -0.2) is 57.4 Å². The summed E-state index contributed by atoms with van der Waals surface area (Å²) in [5.74, 6) is -0.0666. The Bertz CT molecular complexity index is 1270. The highest BCUT2D eigenvalue weighted by Crippen LogP contribution is 2.55. The van der Waals surface area contributed by atoms with Crippen LogP contribution < -0.4 is 10.5 Å². The average Bonchev–Trinajstić information content (AvgIpc) is 3.18. The van der Waals surface area contributed by atoms with E-state index >= 15 is 0 Å². The molecule has 10 nitrogen and oxygen atoms in total. The molecule has 0 bridgehead atoms. The molecular formula is C18H21F3N5O5P. The summed E-state index contributed by atoms with van der Waals surface area (Å²) in [5, 5.41) is 7.70. The van der Waals surface area contributed by atoms with Crippen LogP contribution in [0.4, 0.5) is 18.9 Å². The quantitative estimate of drug-likeness (QED) is 0.541. The van der Waals surface area contributed by atoms with Gasteiger partial charge in [-0.1, -0.05) is 0 Å². The van der Waals surface area contributed by atoms with Crippen LogP contribution in [-0.2, 0) is 20.0 Å². The Morgan fingerprint density at radius 1 is 1.31 bits per heavy atom. The Hall–Kier alpha value is -2.47. The number of hydrogen-bond donors (Lipinski definition) is 2. The van der Waals surface area contributed by atoms with Crippen molar-refractivity contribution in [3.8, 4) is 0 Å². The second-order valence-electron chi connectivity index (χ2n) is 7.31. The third-order valence-corrected chi connectivity index (χ3v) is 7.17. The summed E-state index contributed by atoms with van der Waals surface area (Å²) in [6, 6.07) is 2.14. The van der Waals surface area contributed by atoms with Crippen molar-refractivity contribution in [2.45, 2.75) is 25.7 Å². The van der Waals surface area contributed by atoms with Gasteiger partial charge in [-0.2, -0.15) is 13.2 Å². The van der Waals surface area contributed by atoms with Gasteiger partial charge in [0.05, 0.1) is 42.1 Å². The predicted octanol–water partition coefficient (Wildman–Crippen LogP) is 2.71. The fourth-order valence-electron chi connectivity index (χ4n) is 3.73. The van der Waals surface area contributed by atoms with E-state index in [1.807, 2.05) is 0 Å². The first-order valence-corrected chi connectivity index (χ1v) is 11.5. The lowest BCUT2D eigenvalue weighted by atomic mass is 10.1. The standard InChI is InChI=1S/C18H21F3N5O5P/c1-3-31-32(28,29)10(2)15-23-24-16-17(27)22-12-8-11(18(19,20)21)13(9-14(12)26(15)16)25-4-6-30-7-5-25/h8-10H,3-7H2,1-2H3,(H,22,27)(H,28,29). The van der Waals surface area contributed by atoms with Crippen LogP contribution in [0.15, 0.2) is 16.9 Å². The van der Waals surface area contributed by atoms with Crippen LogP contribution >= 0.6 is 7.60 Å². The first-order valence-electron chi connectivity index (χ1n) is 9.86. The van der Waals surface area contributed by atoms with Gasteiger partial charge >= 0.3 is 13.8 Å². The van der Waals surface area contributed by atoms with Gasteiger partial charge in [-0.25, -0.2) is 0 Å². The number of alkyl halides is 3. The van der Waals surface area contributed by atoms with Crippen molar-refractivity contribution in [1.29, 1.82) is 0 Å². The molecule has 1 fully saturated rings. The number of nitrogens with zero attached hydrogens (tertiary/aromatic N) is 4. The molecule has 2 unspecified atom stereocenters. The maximum Gasteiger partial charge on any atom is 0.418 e. The van der Waals surface area contributed by atoms with E-state index in [0.717, 1.165) is 6.07 Å². The van der Waals surface area contributed by atoms with Crippen molar-refractivity contribution in [1.82, 2.24) is 19.6 Å². The van der Waals surface area contributed by atoms with E-state index in [1.165, 1.54) is 17.4 Å². The first-order chi connectivity index (χ1) is 15.0. The van der Waals surface area contributed by atoms with Gasteiger partial charge in [-0.05, 0) is 26.0 Å². The number of halogens is 3. The van der Waals surface area contributed by atoms with E-state index in [9.17, 15) is 27.4 Å². The highest BCUT2D eigenvalue weighted by atomic mass is 31.2. The van der Waals surface area contributed by atoms with Gasteiger partial charge in [0.1, 0.15) is 5.66 Å². The minimum Gasteiger partial charge on any atom is -0.378 e. The summed E-state index contributed by atoms with van der Waals surface area (Å²) < 4.78 is 65.6. The lowest BCUT2D eigenvalue weighted by Gasteiger charge is -2.31. The van der Waals surface area contributed by atoms with E-state index in [1.54, 1.807) is 11.8 Å². The molecule has 1 saturated heterocycles. The normalized spacial score (nSPS) is 18.2. The Morgan fingerprint density at radius 3 is 2.62 bits per heavy atom. The Morgan fingerprint density at radius 2 is 2.00 bits per heavy atom. The number of aromatic nitrogens is 4. The highest BCUT2D eigenvalue weighted by Gasteiger charge is 2.37. The average molecular weight is 475 g/mol. The van der Waals surface area contributed by atoms with Crippen molar-refractivity contribution in [3.63, 3.8) is 0 Å². The molecule has 2 N–H and O–H groups in total. The van der Waals surface area contributed by atoms with Crippen LogP contribution in [0.5, 0.6) is 0 Å². The number of morpholine rings is 1. The molecule has 174 valence electrons. The van der Waals surface area contributed by atoms with Gasteiger partial charge in [0.15, 0.2) is 5.82 Å². The summed E-state index contributed by atoms with van der Waals surface area (Å²) >= 11 is 0. The Balaban J connectivity index is 2.02. The van der Waals surface area contributed by atoms with Crippen molar-refractivity contribution in [2.75, 3.05) is 37.8 Å². The van der Waals surface area contributed by atoms with Crippen LogP contribution in [0.2, 0.25) is 0 Å². The van der Waals surface area contributed by atoms with E-state index in [0.29, 0.717) is 0 Å². The highest BCUT2D eigenvalue weighted by molar-refractivity contribution is 7.53. The monoisotopic (exact) mass is 475 g/mol. The number of anilines is 1. The SMILES string of the molecule is CCOP(=O)(O)C(C)c1nnc2c(=O)[nH]c3cc(C(F)(F)F)c(N4CCOCC4)cc3n12. The van der Waals surface area contributed by atoms with Crippen LogP contribution in [0.25, 0.3) is 16.7 Å². The molecule has 2 atom stereocenters. The van der Waals surface area contributed by atoms with E-state index in [4.69, 9.17) is 9.26 Å². The van der Waals surface area contributed by atoms with Gasteiger partial charge in [0.2, 0.25) is 5.65 Å². The van der Waals surface area contributed by atoms with Crippen molar-refractivity contribution in [3.05, 3.63) is 33.9 Å².